The zero-order valence-electron chi connectivity index (χ0n) is 8.70. The Kier molecular flexibility index (Phi) is 4.13. The monoisotopic (exact) mass is 196 g/mol. The van der Waals surface area contributed by atoms with Crippen molar-refractivity contribution in [2.75, 3.05) is 0 Å². The smallest absolute Gasteiger partial charge is 0.128 e. The molecule has 0 atom stereocenters. The van der Waals surface area contributed by atoms with Crippen LogP contribution in [0.4, 0.5) is 0 Å². The Morgan fingerprint density at radius 3 is 2.27 bits per heavy atom. The van der Waals surface area contributed by atoms with Crippen molar-refractivity contribution >= 4 is 0 Å². The molecule has 0 unspecified atom stereocenters. The van der Waals surface area contributed by atoms with Gasteiger partial charge in [0.25, 0.3) is 0 Å². The van der Waals surface area contributed by atoms with E-state index in [4.69, 9.17) is 10.5 Å². The second kappa shape index (κ2) is 5.62. The summed E-state index contributed by atoms with van der Waals surface area (Å²) in [5.41, 5.74) is 2.34. The van der Waals surface area contributed by atoms with Crippen LogP contribution in [0.1, 0.15) is 18.9 Å². The van der Waals surface area contributed by atoms with E-state index in [9.17, 15) is 0 Å². The molecular formula is C13H12N2. The molecule has 0 saturated heterocycles. The van der Waals surface area contributed by atoms with E-state index in [0.29, 0.717) is 0 Å². The fourth-order valence-electron chi connectivity index (χ4n) is 1.32. The van der Waals surface area contributed by atoms with Gasteiger partial charge in [0.1, 0.15) is 17.7 Å². The first-order chi connectivity index (χ1) is 7.27. The molecule has 0 aliphatic carbocycles. The molecule has 2 nitrogen and oxygen atoms in total. The molecule has 74 valence electrons. The number of hydrogen-bond donors (Lipinski definition) is 0. The third-order valence-corrected chi connectivity index (χ3v) is 2.28. The first kappa shape index (κ1) is 11.0. The van der Waals surface area contributed by atoms with Gasteiger partial charge < -0.3 is 0 Å². The standard InChI is InChI=1S/C13H12N2/c1-11(13(9-14)10-15)7-8-12-5-3-2-4-6-12/h2-6H,7-8H2,1H3. The molecular weight excluding hydrogens is 184 g/mol. The number of benzene rings is 1. The molecule has 0 aromatic heterocycles. The maximum Gasteiger partial charge on any atom is 0.128 e. The first-order valence-corrected chi connectivity index (χ1v) is 4.82. The van der Waals surface area contributed by atoms with Crippen LogP contribution in [0.15, 0.2) is 41.5 Å². The van der Waals surface area contributed by atoms with E-state index in [1.54, 1.807) is 0 Å². The van der Waals surface area contributed by atoms with Crippen molar-refractivity contribution in [3.05, 3.63) is 47.0 Å². The van der Waals surface area contributed by atoms with E-state index in [1.165, 1.54) is 5.56 Å². The van der Waals surface area contributed by atoms with Gasteiger partial charge >= 0.3 is 0 Å². The number of hydrogen-bond acceptors (Lipinski definition) is 2. The van der Waals surface area contributed by atoms with Crippen LogP contribution < -0.4 is 0 Å². The lowest BCUT2D eigenvalue weighted by molar-refractivity contribution is 0.935. The number of nitrogens with zero attached hydrogens (tertiary/aromatic N) is 2. The summed E-state index contributed by atoms with van der Waals surface area (Å²) in [4.78, 5) is 0. The van der Waals surface area contributed by atoms with Crippen molar-refractivity contribution in [3.8, 4) is 12.1 Å². The van der Waals surface area contributed by atoms with Gasteiger partial charge in [-0.25, -0.2) is 0 Å². The van der Waals surface area contributed by atoms with Crippen molar-refractivity contribution in [2.45, 2.75) is 19.8 Å². The molecule has 0 amide bonds. The van der Waals surface area contributed by atoms with Crippen molar-refractivity contribution in [2.24, 2.45) is 0 Å². The summed E-state index contributed by atoms with van der Waals surface area (Å²) in [5, 5.41) is 17.3. The molecule has 1 aromatic carbocycles. The number of nitriles is 2. The van der Waals surface area contributed by atoms with Gasteiger partial charge in [-0.3, -0.25) is 0 Å². The topological polar surface area (TPSA) is 47.6 Å². The molecule has 0 aliphatic heterocycles. The highest BCUT2D eigenvalue weighted by Crippen LogP contribution is 2.11. The average Bonchev–Trinajstić information content (AvgIpc) is 2.29. The summed E-state index contributed by atoms with van der Waals surface area (Å²) < 4.78 is 0. The minimum absolute atomic E-state index is 0.242. The maximum absolute atomic E-state index is 8.66. The Bertz CT molecular complexity index is 414. The van der Waals surface area contributed by atoms with Crippen LogP contribution >= 0.6 is 0 Å². The average molecular weight is 196 g/mol. The van der Waals surface area contributed by atoms with Crippen LogP contribution in [0.3, 0.4) is 0 Å². The zero-order chi connectivity index (χ0) is 11.1. The highest BCUT2D eigenvalue weighted by atomic mass is 14.3. The Morgan fingerprint density at radius 1 is 1.13 bits per heavy atom. The lowest BCUT2D eigenvalue weighted by Crippen LogP contribution is -1.89. The van der Waals surface area contributed by atoms with E-state index in [0.717, 1.165) is 18.4 Å². The van der Waals surface area contributed by atoms with E-state index in [2.05, 4.69) is 0 Å². The molecule has 0 bridgehead atoms. The Labute approximate surface area is 90.1 Å². The molecule has 0 spiro atoms. The fraction of sp³-hybridized carbons (Fsp3) is 0.231. The SMILES string of the molecule is CC(CCc1ccccc1)=C(C#N)C#N. The summed E-state index contributed by atoms with van der Waals surface area (Å²) in [5.74, 6) is 0. The molecule has 0 N–H and O–H groups in total. The van der Waals surface area contributed by atoms with Gasteiger partial charge in [0, 0.05) is 0 Å². The van der Waals surface area contributed by atoms with Gasteiger partial charge in [-0.15, -0.1) is 0 Å². The fourth-order valence-corrected chi connectivity index (χ4v) is 1.32. The van der Waals surface area contributed by atoms with Crippen LogP contribution in [0.2, 0.25) is 0 Å². The van der Waals surface area contributed by atoms with Crippen molar-refractivity contribution in [1.82, 2.24) is 0 Å². The summed E-state index contributed by atoms with van der Waals surface area (Å²) in [6, 6.07) is 13.9. The largest absolute Gasteiger partial charge is 0.192 e. The number of aryl methyl sites for hydroxylation is 1. The van der Waals surface area contributed by atoms with Crippen LogP contribution in [-0.4, -0.2) is 0 Å². The quantitative estimate of drug-likeness (QED) is 0.698. The third-order valence-electron chi connectivity index (χ3n) is 2.28. The van der Waals surface area contributed by atoms with Gasteiger partial charge in [-0.1, -0.05) is 30.3 Å². The summed E-state index contributed by atoms with van der Waals surface area (Å²) in [6.07, 6.45) is 1.64. The highest BCUT2D eigenvalue weighted by Gasteiger charge is 2.00. The predicted molar refractivity (Wildman–Crippen MR) is 58.7 cm³/mol. The Morgan fingerprint density at radius 2 is 1.73 bits per heavy atom. The summed E-state index contributed by atoms with van der Waals surface area (Å²) in [7, 11) is 0. The summed E-state index contributed by atoms with van der Waals surface area (Å²) >= 11 is 0. The normalized spacial score (nSPS) is 8.73. The molecule has 2 heteroatoms. The van der Waals surface area contributed by atoms with E-state index >= 15 is 0 Å². The second-order valence-corrected chi connectivity index (χ2v) is 3.36. The van der Waals surface area contributed by atoms with Crippen molar-refractivity contribution < 1.29 is 0 Å². The van der Waals surface area contributed by atoms with Crippen LogP contribution in [-0.2, 0) is 6.42 Å². The lowest BCUT2D eigenvalue weighted by Gasteiger charge is -2.01. The van der Waals surface area contributed by atoms with Crippen LogP contribution in [0.5, 0.6) is 0 Å². The second-order valence-electron chi connectivity index (χ2n) is 3.36. The summed E-state index contributed by atoms with van der Waals surface area (Å²) in [6.45, 7) is 1.84. The molecule has 0 radical (unpaired) electrons. The maximum atomic E-state index is 8.66. The van der Waals surface area contributed by atoms with Crippen LogP contribution in [0, 0.1) is 22.7 Å². The van der Waals surface area contributed by atoms with Crippen LogP contribution in [0.25, 0.3) is 0 Å². The first-order valence-electron chi connectivity index (χ1n) is 4.82. The molecule has 15 heavy (non-hydrogen) atoms. The van der Waals surface area contributed by atoms with Crippen molar-refractivity contribution in [1.29, 1.82) is 10.5 Å². The third kappa shape index (κ3) is 3.29. The number of allylic oxidation sites excluding steroid dienone is 2. The zero-order valence-corrected chi connectivity index (χ0v) is 8.70. The van der Waals surface area contributed by atoms with E-state index in [1.807, 2.05) is 49.4 Å². The molecule has 0 aliphatic rings. The lowest BCUT2D eigenvalue weighted by atomic mass is 10.0. The Hall–Kier alpha value is -2.06. The van der Waals surface area contributed by atoms with Crippen molar-refractivity contribution in [3.63, 3.8) is 0 Å². The molecule has 1 rings (SSSR count). The van der Waals surface area contributed by atoms with Gasteiger partial charge in [0.05, 0.1) is 0 Å². The van der Waals surface area contributed by atoms with Gasteiger partial charge in [-0.05, 0) is 30.9 Å². The molecule has 1 aromatic rings. The van der Waals surface area contributed by atoms with Gasteiger partial charge in [-0.2, -0.15) is 10.5 Å². The Balaban J connectivity index is 2.64. The number of rotatable bonds is 3. The minimum atomic E-state index is 0.242. The molecule has 0 fully saturated rings. The minimum Gasteiger partial charge on any atom is -0.192 e. The van der Waals surface area contributed by atoms with Gasteiger partial charge in [0.15, 0.2) is 0 Å². The van der Waals surface area contributed by atoms with E-state index in [-0.39, 0.29) is 5.57 Å². The van der Waals surface area contributed by atoms with Gasteiger partial charge in [0.2, 0.25) is 0 Å². The molecule has 0 saturated carbocycles. The predicted octanol–water partition coefficient (Wildman–Crippen LogP) is 2.98. The van der Waals surface area contributed by atoms with E-state index < -0.39 is 0 Å². The molecule has 0 heterocycles. The highest BCUT2D eigenvalue weighted by molar-refractivity contribution is 5.39.